The van der Waals surface area contributed by atoms with Gasteiger partial charge in [-0.05, 0) is 29.2 Å². The van der Waals surface area contributed by atoms with E-state index in [9.17, 15) is 9.59 Å². The molecule has 0 saturated heterocycles. The van der Waals surface area contributed by atoms with E-state index in [0.29, 0.717) is 5.69 Å². The normalized spacial score (nSPS) is 11.3. The average Bonchev–Trinajstić information content (AvgIpc) is 2.34. The van der Waals surface area contributed by atoms with Crippen LogP contribution in [0.4, 0.5) is 10.5 Å². The Kier molecular flexibility index (Phi) is 5.96. The molecule has 0 spiro atoms. The van der Waals surface area contributed by atoms with Gasteiger partial charge in [0.1, 0.15) is 0 Å². The van der Waals surface area contributed by atoms with Crippen molar-refractivity contribution in [3.63, 3.8) is 0 Å². The summed E-state index contributed by atoms with van der Waals surface area (Å²) >= 11 is 3.41. The molecule has 1 rings (SSSR count). The van der Waals surface area contributed by atoms with Gasteiger partial charge in [0, 0.05) is 16.2 Å². The van der Waals surface area contributed by atoms with Gasteiger partial charge in [0.2, 0.25) is 0 Å². The number of hydrogen-bond donors (Lipinski definition) is 2. The summed E-state index contributed by atoms with van der Waals surface area (Å²) in [6.45, 7) is 6.24. The highest BCUT2D eigenvalue weighted by atomic mass is 79.9. The van der Waals surface area contributed by atoms with E-state index in [1.165, 1.54) is 13.4 Å². The Morgan fingerprint density at radius 1 is 1.24 bits per heavy atom. The first-order valence-electron chi connectivity index (χ1n) is 6.35. The SMILES string of the molecule is CO/C=C/C(=O)NC(=O)Nc1cc(Br)cc(C(C)(C)C)c1. The molecular weight excluding hydrogens is 336 g/mol. The molecule has 0 unspecified atom stereocenters. The highest BCUT2D eigenvalue weighted by molar-refractivity contribution is 9.10. The Balaban J connectivity index is 2.79. The molecule has 5 nitrogen and oxygen atoms in total. The Bertz CT molecular complexity index is 563. The van der Waals surface area contributed by atoms with E-state index in [-0.39, 0.29) is 5.41 Å². The van der Waals surface area contributed by atoms with Crippen LogP contribution in [0.5, 0.6) is 0 Å². The molecule has 6 heteroatoms. The molecule has 0 aliphatic rings. The fourth-order valence-electron chi connectivity index (χ4n) is 1.54. The Morgan fingerprint density at radius 3 is 2.48 bits per heavy atom. The van der Waals surface area contributed by atoms with Crippen molar-refractivity contribution >= 4 is 33.6 Å². The van der Waals surface area contributed by atoms with Crippen molar-refractivity contribution in [1.29, 1.82) is 0 Å². The Hall–Kier alpha value is -1.82. The number of ether oxygens (including phenoxy) is 1. The van der Waals surface area contributed by atoms with Gasteiger partial charge in [-0.15, -0.1) is 0 Å². The Morgan fingerprint density at radius 2 is 1.90 bits per heavy atom. The summed E-state index contributed by atoms with van der Waals surface area (Å²) in [5.41, 5.74) is 1.63. The van der Waals surface area contributed by atoms with Gasteiger partial charge < -0.3 is 10.1 Å². The highest BCUT2D eigenvalue weighted by Gasteiger charge is 2.15. The van der Waals surface area contributed by atoms with Gasteiger partial charge in [-0.2, -0.15) is 0 Å². The molecule has 0 atom stereocenters. The monoisotopic (exact) mass is 354 g/mol. The second-order valence-corrected chi connectivity index (χ2v) is 6.38. The molecule has 0 heterocycles. The van der Waals surface area contributed by atoms with Crippen molar-refractivity contribution < 1.29 is 14.3 Å². The van der Waals surface area contributed by atoms with Crippen LogP contribution in [0.25, 0.3) is 0 Å². The van der Waals surface area contributed by atoms with Crippen molar-refractivity contribution in [2.75, 3.05) is 12.4 Å². The molecule has 114 valence electrons. The van der Waals surface area contributed by atoms with E-state index in [2.05, 4.69) is 52.1 Å². The second-order valence-electron chi connectivity index (χ2n) is 5.46. The molecule has 0 aliphatic heterocycles. The number of nitrogens with one attached hydrogen (secondary N) is 2. The van der Waals surface area contributed by atoms with Crippen LogP contribution >= 0.6 is 15.9 Å². The lowest BCUT2D eigenvalue weighted by molar-refractivity contribution is -0.115. The maximum absolute atomic E-state index is 11.7. The predicted molar refractivity (Wildman–Crippen MR) is 86.2 cm³/mol. The van der Waals surface area contributed by atoms with E-state index in [1.807, 2.05) is 12.1 Å². The van der Waals surface area contributed by atoms with Gasteiger partial charge in [-0.3, -0.25) is 10.1 Å². The molecular formula is C15H19BrN2O3. The number of benzene rings is 1. The molecule has 1 aromatic carbocycles. The third-order valence-corrected chi connectivity index (χ3v) is 3.07. The number of halogens is 1. The number of methoxy groups -OCH3 is 1. The van der Waals surface area contributed by atoms with E-state index in [4.69, 9.17) is 0 Å². The lowest BCUT2D eigenvalue weighted by atomic mass is 9.87. The summed E-state index contributed by atoms with van der Waals surface area (Å²) in [4.78, 5) is 23.1. The van der Waals surface area contributed by atoms with E-state index < -0.39 is 11.9 Å². The molecule has 0 aromatic heterocycles. The number of amides is 3. The van der Waals surface area contributed by atoms with Crippen LogP contribution < -0.4 is 10.6 Å². The quantitative estimate of drug-likeness (QED) is 0.644. The summed E-state index contributed by atoms with van der Waals surface area (Å²) in [5, 5.41) is 4.80. The van der Waals surface area contributed by atoms with E-state index in [1.54, 1.807) is 6.07 Å². The van der Waals surface area contributed by atoms with Gasteiger partial charge in [0.05, 0.1) is 13.4 Å². The lowest BCUT2D eigenvalue weighted by Gasteiger charge is -2.20. The number of rotatable bonds is 3. The van der Waals surface area contributed by atoms with Crippen molar-refractivity contribution in [3.05, 3.63) is 40.6 Å². The van der Waals surface area contributed by atoms with Crippen LogP contribution in [-0.4, -0.2) is 19.0 Å². The number of carbonyl (C=O) groups is 2. The van der Waals surface area contributed by atoms with Gasteiger partial charge in [0.15, 0.2) is 0 Å². The average molecular weight is 355 g/mol. The largest absolute Gasteiger partial charge is 0.504 e. The van der Waals surface area contributed by atoms with Crippen LogP contribution in [0, 0.1) is 0 Å². The molecule has 0 radical (unpaired) electrons. The minimum absolute atomic E-state index is 0.0479. The molecule has 0 aliphatic carbocycles. The molecule has 1 aromatic rings. The second kappa shape index (κ2) is 7.26. The number of hydrogen-bond acceptors (Lipinski definition) is 3. The zero-order valence-corrected chi connectivity index (χ0v) is 14.1. The topological polar surface area (TPSA) is 67.4 Å². The highest BCUT2D eigenvalue weighted by Crippen LogP contribution is 2.28. The van der Waals surface area contributed by atoms with E-state index in [0.717, 1.165) is 16.1 Å². The summed E-state index contributed by atoms with van der Waals surface area (Å²) in [5.74, 6) is -0.555. The fraction of sp³-hybridized carbons (Fsp3) is 0.333. The van der Waals surface area contributed by atoms with Crippen molar-refractivity contribution in [2.45, 2.75) is 26.2 Å². The standard InChI is InChI=1S/C15H19BrN2O3/c1-15(2,3)10-7-11(16)9-12(8-10)17-14(20)18-13(19)5-6-21-4/h5-9H,1-4H3,(H2,17,18,19,20)/b6-5+. The van der Waals surface area contributed by atoms with Crippen molar-refractivity contribution in [3.8, 4) is 0 Å². The van der Waals surface area contributed by atoms with Gasteiger partial charge in [0.25, 0.3) is 5.91 Å². The van der Waals surface area contributed by atoms with Gasteiger partial charge >= 0.3 is 6.03 Å². The minimum atomic E-state index is -0.598. The lowest BCUT2D eigenvalue weighted by Crippen LogP contribution is -2.33. The molecule has 0 bridgehead atoms. The third kappa shape index (κ3) is 5.99. The molecule has 3 amide bonds. The Labute approximate surface area is 132 Å². The molecule has 0 fully saturated rings. The maximum atomic E-state index is 11.7. The van der Waals surface area contributed by atoms with Gasteiger partial charge in [-0.1, -0.05) is 36.7 Å². The van der Waals surface area contributed by atoms with Crippen LogP contribution in [0.3, 0.4) is 0 Å². The first-order chi connectivity index (χ1) is 9.72. The molecule has 0 saturated carbocycles. The molecule has 21 heavy (non-hydrogen) atoms. The van der Waals surface area contributed by atoms with E-state index >= 15 is 0 Å². The maximum Gasteiger partial charge on any atom is 0.326 e. The fourth-order valence-corrected chi connectivity index (χ4v) is 2.03. The number of anilines is 1. The summed E-state index contributed by atoms with van der Waals surface area (Å²) in [6.07, 6.45) is 2.32. The zero-order chi connectivity index (χ0) is 16.0. The van der Waals surface area contributed by atoms with Crippen molar-refractivity contribution in [2.24, 2.45) is 0 Å². The van der Waals surface area contributed by atoms with Crippen LogP contribution in [0.1, 0.15) is 26.3 Å². The predicted octanol–water partition coefficient (Wildman–Crippen LogP) is 3.55. The van der Waals surface area contributed by atoms with Crippen molar-refractivity contribution in [1.82, 2.24) is 5.32 Å². The number of carbonyl (C=O) groups excluding carboxylic acids is 2. The zero-order valence-electron chi connectivity index (χ0n) is 12.5. The molecule has 2 N–H and O–H groups in total. The van der Waals surface area contributed by atoms with Crippen LogP contribution in [0.2, 0.25) is 0 Å². The van der Waals surface area contributed by atoms with Crippen LogP contribution in [0.15, 0.2) is 35.0 Å². The number of urea groups is 1. The third-order valence-electron chi connectivity index (χ3n) is 2.61. The first kappa shape index (κ1) is 17.2. The first-order valence-corrected chi connectivity index (χ1v) is 7.14. The summed E-state index contributed by atoms with van der Waals surface area (Å²) in [7, 11) is 1.42. The summed E-state index contributed by atoms with van der Waals surface area (Å²) in [6, 6.07) is 5.04. The minimum Gasteiger partial charge on any atom is -0.504 e. The van der Waals surface area contributed by atoms with Gasteiger partial charge in [-0.25, -0.2) is 4.79 Å². The number of imide groups is 1. The van der Waals surface area contributed by atoms with Crippen LogP contribution in [-0.2, 0) is 14.9 Å². The smallest absolute Gasteiger partial charge is 0.326 e. The summed E-state index contributed by atoms with van der Waals surface area (Å²) < 4.78 is 5.46.